The van der Waals surface area contributed by atoms with E-state index >= 15 is 0 Å². The standard InChI is InChI=1S/C12H13NO2/c1-8-6-11(14-2)12(15-3)9-4-5-13-7-10(8)9/h4-7H,1-3H3. The van der Waals surface area contributed by atoms with Gasteiger partial charge in [-0.25, -0.2) is 0 Å². The fraction of sp³-hybridized carbons (Fsp3) is 0.250. The summed E-state index contributed by atoms with van der Waals surface area (Å²) < 4.78 is 10.6. The van der Waals surface area contributed by atoms with Gasteiger partial charge >= 0.3 is 0 Å². The van der Waals surface area contributed by atoms with E-state index < -0.39 is 0 Å². The Morgan fingerprint density at radius 1 is 1.13 bits per heavy atom. The molecule has 0 amide bonds. The van der Waals surface area contributed by atoms with Gasteiger partial charge in [-0.15, -0.1) is 0 Å². The lowest BCUT2D eigenvalue weighted by Gasteiger charge is -2.12. The molecule has 0 aliphatic heterocycles. The van der Waals surface area contributed by atoms with Gasteiger partial charge in [-0.05, 0) is 24.6 Å². The Balaban J connectivity index is 2.85. The molecule has 0 spiro atoms. The zero-order valence-electron chi connectivity index (χ0n) is 9.07. The first-order valence-corrected chi connectivity index (χ1v) is 4.73. The van der Waals surface area contributed by atoms with Crippen LogP contribution in [0, 0.1) is 6.92 Å². The van der Waals surface area contributed by atoms with Gasteiger partial charge in [-0.3, -0.25) is 4.98 Å². The Hall–Kier alpha value is -1.77. The Labute approximate surface area is 88.7 Å². The van der Waals surface area contributed by atoms with Crippen LogP contribution in [0.15, 0.2) is 24.5 Å². The maximum atomic E-state index is 5.35. The highest BCUT2D eigenvalue weighted by atomic mass is 16.5. The highest BCUT2D eigenvalue weighted by molar-refractivity contribution is 5.92. The van der Waals surface area contributed by atoms with Crippen LogP contribution in [0.3, 0.4) is 0 Å². The minimum Gasteiger partial charge on any atom is -0.493 e. The van der Waals surface area contributed by atoms with Crippen LogP contribution in [-0.2, 0) is 0 Å². The van der Waals surface area contributed by atoms with E-state index in [4.69, 9.17) is 9.47 Å². The number of fused-ring (bicyclic) bond motifs is 1. The molecule has 0 radical (unpaired) electrons. The summed E-state index contributed by atoms with van der Waals surface area (Å²) in [5.41, 5.74) is 1.13. The minimum atomic E-state index is 0.758. The molecule has 0 saturated carbocycles. The highest BCUT2D eigenvalue weighted by Gasteiger charge is 2.10. The summed E-state index contributed by atoms with van der Waals surface area (Å²) in [5.74, 6) is 1.52. The molecule has 1 aromatic heterocycles. The average molecular weight is 203 g/mol. The number of aromatic nitrogens is 1. The first kappa shape index (κ1) is 9.77. The molecule has 0 bridgehead atoms. The fourth-order valence-corrected chi connectivity index (χ4v) is 1.74. The van der Waals surface area contributed by atoms with E-state index in [2.05, 4.69) is 4.98 Å². The third kappa shape index (κ3) is 1.50. The van der Waals surface area contributed by atoms with Crippen LogP contribution in [0.2, 0.25) is 0 Å². The summed E-state index contributed by atoms with van der Waals surface area (Å²) in [5, 5.41) is 2.12. The lowest BCUT2D eigenvalue weighted by atomic mass is 10.1. The molecule has 0 fully saturated rings. The van der Waals surface area contributed by atoms with E-state index in [1.165, 1.54) is 0 Å². The van der Waals surface area contributed by atoms with Crippen molar-refractivity contribution in [2.45, 2.75) is 6.92 Å². The maximum absolute atomic E-state index is 5.35. The van der Waals surface area contributed by atoms with Gasteiger partial charge in [-0.1, -0.05) is 0 Å². The van der Waals surface area contributed by atoms with Crippen LogP contribution in [0.4, 0.5) is 0 Å². The van der Waals surface area contributed by atoms with Crippen LogP contribution in [0.25, 0.3) is 10.8 Å². The van der Waals surface area contributed by atoms with Crippen LogP contribution in [0.1, 0.15) is 5.56 Å². The molecule has 3 nitrogen and oxygen atoms in total. The lowest BCUT2D eigenvalue weighted by Crippen LogP contribution is -1.93. The van der Waals surface area contributed by atoms with E-state index in [1.54, 1.807) is 20.4 Å². The Kier molecular flexibility index (Phi) is 2.46. The molecular formula is C12H13NO2. The summed E-state index contributed by atoms with van der Waals surface area (Å²) in [4.78, 5) is 4.11. The Bertz CT molecular complexity index is 494. The quantitative estimate of drug-likeness (QED) is 0.751. The molecule has 0 N–H and O–H groups in total. The largest absolute Gasteiger partial charge is 0.493 e. The summed E-state index contributed by atoms with van der Waals surface area (Å²) >= 11 is 0. The molecule has 2 rings (SSSR count). The van der Waals surface area contributed by atoms with E-state index in [9.17, 15) is 0 Å². The molecule has 0 unspecified atom stereocenters. The van der Waals surface area contributed by atoms with Gasteiger partial charge in [0.25, 0.3) is 0 Å². The smallest absolute Gasteiger partial charge is 0.168 e. The van der Waals surface area contributed by atoms with Crippen LogP contribution >= 0.6 is 0 Å². The van der Waals surface area contributed by atoms with Gasteiger partial charge in [0.2, 0.25) is 0 Å². The van der Waals surface area contributed by atoms with Gasteiger partial charge in [-0.2, -0.15) is 0 Å². The topological polar surface area (TPSA) is 31.4 Å². The molecule has 3 heteroatoms. The van der Waals surface area contributed by atoms with Crippen molar-refractivity contribution in [2.75, 3.05) is 14.2 Å². The van der Waals surface area contributed by atoms with Crippen LogP contribution < -0.4 is 9.47 Å². The Morgan fingerprint density at radius 3 is 2.60 bits per heavy atom. The number of ether oxygens (including phenoxy) is 2. The van der Waals surface area contributed by atoms with Gasteiger partial charge < -0.3 is 9.47 Å². The zero-order valence-corrected chi connectivity index (χ0v) is 9.07. The van der Waals surface area contributed by atoms with Crippen LogP contribution in [-0.4, -0.2) is 19.2 Å². The molecule has 0 aliphatic rings. The number of hydrogen-bond donors (Lipinski definition) is 0. The number of pyridine rings is 1. The molecule has 15 heavy (non-hydrogen) atoms. The van der Waals surface area contributed by atoms with Crippen LogP contribution in [0.5, 0.6) is 11.5 Å². The first-order chi connectivity index (χ1) is 7.27. The van der Waals surface area contributed by atoms with Crippen molar-refractivity contribution in [1.29, 1.82) is 0 Å². The number of benzene rings is 1. The van der Waals surface area contributed by atoms with Crippen molar-refractivity contribution in [3.05, 3.63) is 30.1 Å². The van der Waals surface area contributed by atoms with Gasteiger partial charge in [0, 0.05) is 23.2 Å². The van der Waals surface area contributed by atoms with Crippen molar-refractivity contribution in [1.82, 2.24) is 4.98 Å². The van der Waals surface area contributed by atoms with E-state index in [0.29, 0.717) is 0 Å². The normalized spacial score (nSPS) is 10.3. The second-order valence-corrected chi connectivity index (χ2v) is 3.35. The van der Waals surface area contributed by atoms with Gasteiger partial charge in [0.1, 0.15) is 0 Å². The predicted octanol–water partition coefficient (Wildman–Crippen LogP) is 2.56. The van der Waals surface area contributed by atoms with Gasteiger partial charge in [0.05, 0.1) is 14.2 Å². The minimum absolute atomic E-state index is 0.758. The monoisotopic (exact) mass is 203 g/mol. The summed E-state index contributed by atoms with van der Waals surface area (Å²) in [6, 6.07) is 3.90. The maximum Gasteiger partial charge on any atom is 0.168 e. The molecule has 1 aromatic carbocycles. The second kappa shape index (κ2) is 3.77. The van der Waals surface area contributed by atoms with Crippen molar-refractivity contribution >= 4 is 10.8 Å². The molecule has 78 valence electrons. The lowest BCUT2D eigenvalue weighted by molar-refractivity contribution is 0.358. The second-order valence-electron chi connectivity index (χ2n) is 3.35. The van der Waals surface area contributed by atoms with Crippen molar-refractivity contribution in [3.63, 3.8) is 0 Å². The van der Waals surface area contributed by atoms with Gasteiger partial charge in [0.15, 0.2) is 11.5 Å². The van der Waals surface area contributed by atoms with E-state index in [-0.39, 0.29) is 0 Å². The zero-order chi connectivity index (χ0) is 10.8. The average Bonchev–Trinajstić information content (AvgIpc) is 2.29. The molecule has 0 saturated heterocycles. The van der Waals surface area contributed by atoms with Crippen molar-refractivity contribution in [3.8, 4) is 11.5 Å². The summed E-state index contributed by atoms with van der Waals surface area (Å²) in [6.07, 6.45) is 3.59. The first-order valence-electron chi connectivity index (χ1n) is 4.73. The molecule has 1 heterocycles. The predicted molar refractivity (Wildman–Crippen MR) is 59.6 cm³/mol. The summed E-state index contributed by atoms with van der Waals surface area (Å²) in [7, 11) is 3.29. The molecule has 0 aliphatic carbocycles. The number of rotatable bonds is 2. The van der Waals surface area contributed by atoms with Crippen molar-refractivity contribution < 1.29 is 9.47 Å². The third-order valence-electron chi connectivity index (χ3n) is 2.49. The molecular weight excluding hydrogens is 190 g/mol. The van der Waals surface area contributed by atoms with Crippen molar-refractivity contribution in [2.24, 2.45) is 0 Å². The number of methoxy groups -OCH3 is 2. The molecule has 2 aromatic rings. The Morgan fingerprint density at radius 2 is 1.93 bits per heavy atom. The fourth-order valence-electron chi connectivity index (χ4n) is 1.74. The van der Waals surface area contributed by atoms with E-state index in [0.717, 1.165) is 27.8 Å². The SMILES string of the molecule is COc1cc(C)c2cnccc2c1OC. The third-order valence-corrected chi connectivity index (χ3v) is 2.49. The van der Waals surface area contributed by atoms with E-state index in [1.807, 2.05) is 25.3 Å². The molecule has 0 atom stereocenters. The number of hydrogen-bond acceptors (Lipinski definition) is 3. The number of aryl methyl sites for hydroxylation is 1. The summed E-state index contributed by atoms with van der Waals surface area (Å²) in [6.45, 7) is 2.03. The highest BCUT2D eigenvalue weighted by Crippen LogP contribution is 2.36. The number of nitrogens with zero attached hydrogens (tertiary/aromatic N) is 1.